The lowest BCUT2D eigenvalue weighted by Gasteiger charge is -2.25. The molecule has 1 fully saturated rings. The van der Waals surface area contributed by atoms with E-state index in [-0.39, 0.29) is 11.8 Å². The molecule has 1 saturated heterocycles. The largest absolute Gasteiger partial charge is 0.325 e. The third kappa shape index (κ3) is 4.70. The average molecular weight is 351 g/mol. The van der Waals surface area contributed by atoms with E-state index in [9.17, 15) is 9.59 Å². The van der Waals surface area contributed by atoms with E-state index in [1.807, 2.05) is 30.3 Å². The van der Waals surface area contributed by atoms with Crippen LogP contribution in [0, 0.1) is 0 Å². The molecular weight excluding hydrogens is 326 g/mol. The Hall–Kier alpha value is -2.66. The summed E-state index contributed by atoms with van der Waals surface area (Å²) in [6, 6.07) is 16.6. The molecule has 26 heavy (non-hydrogen) atoms. The fourth-order valence-electron chi connectivity index (χ4n) is 3.18. The van der Waals surface area contributed by atoms with Crippen molar-refractivity contribution in [3.05, 3.63) is 60.2 Å². The third-order valence-electron chi connectivity index (χ3n) is 4.68. The highest BCUT2D eigenvalue weighted by Gasteiger charge is 2.15. The summed E-state index contributed by atoms with van der Waals surface area (Å²) in [6.45, 7) is 2.41. The molecule has 1 aliphatic heterocycles. The van der Waals surface area contributed by atoms with Crippen molar-refractivity contribution >= 4 is 23.2 Å². The van der Waals surface area contributed by atoms with Crippen molar-refractivity contribution in [3.8, 4) is 0 Å². The molecule has 2 amide bonds. The maximum Gasteiger partial charge on any atom is 0.258 e. The first-order valence-corrected chi connectivity index (χ1v) is 9.09. The highest BCUT2D eigenvalue weighted by Crippen LogP contribution is 2.17. The van der Waals surface area contributed by atoms with Crippen LogP contribution in [0.5, 0.6) is 0 Å². The Labute approximate surface area is 154 Å². The van der Waals surface area contributed by atoms with Gasteiger partial charge in [-0.05, 0) is 62.3 Å². The second-order valence-corrected chi connectivity index (χ2v) is 6.66. The molecule has 1 N–H and O–H groups in total. The van der Waals surface area contributed by atoms with E-state index < -0.39 is 0 Å². The summed E-state index contributed by atoms with van der Waals surface area (Å²) in [5, 5.41) is 2.91. The number of nitrogens with one attached hydrogen (secondary N) is 1. The summed E-state index contributed by atoms with van der Waals surface area (Å²) < 4.78 is 0. The molecular formula is C21H25N3O2. The number of likely N-dealkylation sites (tertiary alicyclic amines) is 1. The number of hydrogen-bond donors (Lipinski definition) is 1. The molecule has 0 aliphatic carbocycles. The Morgan fingerprint density at radius 2 is 1.62 bits per heavy atom. The first kappa shape index (κ1) is 18.1. The van der Waals surface area contributed by atoms with E-state index in [1.54, 1.807) is 36.2 Å². The van der Waals surface area contributed by atoms with Gasteiger partial charge in [0.1, 0.15) is 0 Å². The standard InChI is InChI=1S/C21H25N3O2/c1-23(19-8-4-2-5-9-19)21(26)17-10-12-18(13-11-17)22-20(25)16-24-14-6-3-7-15-24/h2,4-5,8-13H,3,6-7,14-16H2,1H3,(H,22,25). The zero-order valence-corrected chi connectivity index (χ0v) is 15.1. The van der Waals surface area contributed by atoms with Crippen LogP contribution < -0.4 is 10.2 Å². The van der Waals surface area contributed by atoms with Gasteiger partial charge in [-0.25, -0.2) is 0 Å². The second-order valence-electron chi connectivity index (χ2n) is 6.66. The number of rotatable bonds is 5. The van der Waals surface area contributed by atoms with Gasteiger partial charge in [0.05, 0.1) is 6.54 Å². The second kappa shape index (κ2) is 8.63. The first-order chi connectivity index (χ1) is 12.6. The van der Waals surface area contributed by atoms with Crippen molar-refractivity contribution in [3.63, 3.8) is 0 Å². The minimum Gasteiger partial charge on any atom is -0.325 e. The highest BCUT2D eigenvalue weighted by atomic mass is 16.2. The molecule has 0 radical (unpaired) electrons. The zero-order valence-electron chi connectivity index (χ0n) is 15.1. The lowest BCUT2D eigenvalue weighted by atomic mass is 10.1. The van der Waals surface area contributed by atoms with Gasteiger partial charge < -0.3 is 10.2 Å². The average Bonchev–Trinajstić information content (AvgIpc) is 2.69. The summed E-state index contributed by atoms with van der Waals surface area (Å²) >= 11 is 0. The normalized spacial score (nSPS) is 14.7. The monoisotopic (exact) mass is 351 g/mol. The zero-order chi connectivity index (χ0) is 18.4. The molecule has 0 bridgehead atoms. The fourth-order valence-corrected chi connectivity index (χ4v) is 3.18. The van der Waals surface area contributed by atoms with E-state index in [2.05, 4.69) is 10.2 Å². The third-order valence-corrected chi connectivity index (χ3v) is 4.68. The van der Waals surface area contributed by atoms with Crippen molar-refractivity contribution < 1.29 is 9.59 Å². The Balaban J connectivity index is 1.57. The molecule has 0 atom stereocenters. The molecule has 2 aromatic rings. The van der Waals surface area contributed by atoms with Gasteiger partial charge in [0.2, 0.25) is 5.91 Å². The van der Waals surface area contributed by atoms with Gasteiger partial charge in [0.15, 0.2) is 0 Å². The Morgan fingerprint density at radius 3 is 2.27 bits per heavy atom. The van der Waals surface area contributed by atoms with Gasteiger partial charge in [0, 0.05) is 24.0 Å². The molecule has 5 nitrogen and oxygen atoms in total. The van der Waals surface area contributed by atoms with Crippen LogP contribution in [-0.2, 0) is 4.79 Å². The van der Waals surface area contributed by atoms with Crippen molar-refractivity contribution in [2.75, 3.05) is 36.9 Å². The van der Waals surface area contributed by atoms with E-state index in [0.717, 1.165) is 18.8 Å². The van der Waals surface area contributed by atoms with Crippen LogP contribution in [0.4, 0.5) is 11.4 Å². The molecule has 1 heterocycles. The van der Waals surface area contributed by atoms with Crippen molar-refractivity contribution in [2.24, 2.45) is 0 Å². The molecule has 5 heteroatoms. The van der Waals surface area contributed by atoms with Crippen LogP contribution >= 0.6 is 0 Å². The minimum atomic E-state index is -0.0811. The molecule has 0 saturated carbocycles. The predicted octanol–water partition coefficient (Wildman–Crippen LogP) is 3.39. The number of piperidine rings is 1. The number of carbonyl (C=O) groups is 2. The molecule has 0 spiro atoms. The van der Waals surface area contributed by atoms with Gasteiger partial charge in [-0.3, -0.25) is 14.5 Å². The van der Waals surface area contributed by atoms with Crippen LogP contribution in [-0.4, -0.2) is 43.4 Å². The number of nitrogens with zero attached hydrogens (tertiary/aromatic N) is 2. The Morgan fingerprint density at radius 1 is 0.962 bits per heavy atom. The lowest BCUT2D eigenvalue weighted by Crippen LogP contribution is -2.36. The van der Waals surface area contributed by atoms with Crippen LogP contribution in [0.1, 0.15) is 29.6 Å². The van der Waals surface area contributed by atoms with Crippen LogP contribution in [0.2, 0.25) is 0 Å². The molecule has 0 unspecified atom stereocenters. The maximum atomic E-state index is 12.6. The summed E-state index contributed by atoms with van der Waals surface area (Å²) in [7, 11) is 1.76. The Bertz CT molecular complexity index is 738. The number of benzene rings is 2. The van der Waals surface area contributed by atoms with E-state index in [4.69, 9.17) is 0 Å². The highest BCUT2D eigenvalue weighted by molar-refractivity contribution is 6.06. The minimum absolute atomic E-state index is 0.00706. The van der Waals surface area contributed by atoms with Crippen LogP contribution in [0.3, 0.4) is 0 Å². The molecule has 1 aliphatic rings. The van der Waals surface area contributed by atoms with Crippen molar-refractivity contribution in [2.45, 2.75) is 19.3 Å². The van der Waals surface area contributed by atoms with E-state index in [1.165, 1.54) is 19.3 Å². The van der Waals surface area contributed by atoms with Crippen LogP contribution in [0.15, 0.2) is 54.6 Å². The quantitative estimate of drug-likeness (QED) is 0.898. The molecule has 0 aromatic heterocycles. The SMILES string of the molecule is CN(C(=O)c1ccc(NC(=O)CN2CCCCC2)cc1)c1ccccc1. The van der Waals surface area contributed by atoms with Gasteiger partial charge in [-0.1, -0.05) is 24.6 Å². The number of amides is 2. The van der Waals surface area contributed by atoms with Gasteiger partial charge in [-0.15, -0.1) is 0 Å². The van der Waals surface area contributed by atoms with E-state index in [0.29, 0.717) is 17.8 Å². The van der Waals surface area contributed by atoms with Gasteiger partial charge in [-0.2, -0.15) is 0 Å². The Kier molecular flexibility index (Phi) is 6.02. The van der Waals surface area contributed by atoms with E-state index >= 15 is 0 Å². The van der Waals surface area contributed by atoms with Crippen molar-refractivity contribution in [1.82, 2.24) is 4.90 Å². The number of para-hydroxylation sites is 1. The number of hydrogen-bond acceptors (Lipinski definition) is 3. The van der Waals surface area contributed by atoms with Gasteiger partial charge >= 0.3 is 0 Å². The first-order valence-electron chi connectivity index (χ1n) is 9.09. The molecule has 3 rings (SSSR count). The number of carbonyl (C=O) groups excluding carboxylic acids is 2. The predicted molar refractivity (Wildman–Crippen MR) is 105 cm³/mol. The molecule has 2 aromatic carbocycles. The summed E-state index contributed by atoms with van der Waals surface area (Å²) in [5.41, 5.74) is 2.15. The lowest BCUT2D eigenvalue weighted by molar-refractivity contribution is -0.117. The number of anilines is 2. The smallest absolute Gasteiger partial charge is 0.258 e. The van der Waals surface area contributed by atoms with Gasteiger partial charge in [0.25, 0.3) is 5.91 Å². The van der Waals surface area contributed by atoms with Crippen molar-refractivity contribution in [1.29, 1.82) is 0 Å². The van der Waals surface area contributed by atoms with Crippen LogP contribution in [0.25, 0.3) is 0 Å². The summed E-state index contributed by atoms with van der Waals surface area (Å²) in [4.78, 5) is 28.5. The topological polar surface area (TPSA) is 52.7 Å². The summed E-state index contributed by atoms with van der Waals surface area (Å²) in [6.07, 6.45) is 3.59. The molecule has 136 valence electrons. The fraction of sp³-hybridized carbons (Fsp3) is 0.333. The summed E-state index contributed by atoms with van der Waals surface area (Å²) in [5.74, 6) is -0.0882. The maximum absolute atomic E-state index is 12.6.